The molecule has 0 fully saturated rings. The van der Waals surface area contributed by atoms with Crippen LogP contribution < -0.4 is 10.6 Å². The van der Waals surface area contributed by atoms with Crippen molar-refractivity contribution in [3.63, 3.8) is 0 Å². The maximum absolute atomic E-state index is 12.7. The number of hydrogen-bond acceptors (Lipinski definition) is 6. The highest BCUT2D eigenvalue weighted by molar-refractivity contribution is 7.12. The molecule has 5 nitrogen and oxygen atoms in total. The summed E-state index contributed by atoms with van der Waals surface area (Å²) in [7, 11) is 0. The third-order valence-electron chi connectivity index (χ3n) is 4.61. The van der Waals surface area contributed by atoms with Gasteiger partial charge in [0.15, 0.2) is 0 Å². The molecule has 0 radical (unpaired) electrons. The van der Waals surface area contributed by atoms with E-state index in [0.717, 1.165) is 12.5 Å². The van der Waals surface area contributed by atoms with E-state index in [1.165, 1.54) is 33.0 Å². The molecule has 0 N–H and O–H groups in total. The first-order valence-electron chi connectivity index (χ1n) is 8.88. The number of aryl methyl sites for hydroxylation is 1. The van der Waals surface area contributed by atoms with Gasteiger partial charge in [-0.3, -0.25) is 4.57 Å². The topological polar surface area (TPSA) is 51.0 Å². The molecule has 3 aromatic rings. The Balaban J connectivity index is 1.46. The van der Waals surface area contributed by atoms with E-state index in [0.29, 0.717) is 35.3 Å². The van der Waals surface area contributed by atoms with Gasteiger partial charge in [-0.1, -0.05) is 6.08 Å². The van der Waals surface area contributed by atoms with E-state index in [2.05, 4.69) is 34.4 Å². The van der Waals surface area contributed by atoms with Gasteiger partial charge in [-0.05, 0) is 48.1 Å². The molecular formula is C19H17F3N4OS2. The molecule has 1 aliphatic heterocycles. The molecule has 0 saturated heterocycles. The predicted octanol–water partition coefficient (Wildman–Crippen LogP) is 4.43. The minimum Gasteiger partial charge on any atom is -0.337 e. The van der Waals surface area contributed by atoms with Crippen molar-refractivity contribution < 1.29 is 13.2 Å². The molecule has 4 heterocycles. The maximum atomic E-state index is 12.7. The van der Waals surface area contributed by atoms with Gasteiger partial charge in [-0.25, -0.2) is 9.78 Å². The SMILES string of the molecule is Cc1cc(C2=CCN(c3ncn(Cc4ccc(C(F)(F)F)s4)c(=O)n3)CC2)cs1. The Hall–Kier alpha value is -2.46. The molecule has 0 atom stereocenters. The molecule has 0 bridgehead atoms. The molecule has 29 heavy (non-hydrogen) atoms. The summed E-state index contributed by atoms with van der Waals surface area (Å²) in [6.07, 6.45) is -0.0854. The molecule has 0 aromatic carbocycles. The number of halogens is 3. The molecule has 4 rings (SSSR count). The van der Waals surface area contributed by atoms with Gasteiger partial charge in [0.25, 0.3) is 0 Å². The van der Waals surface area contributed by atoms with E-state index in [-0.39, 0.29) is 6.54 Å². The van der Waals surface area contributed by atoms with Crippen molar-refractivity contribution in [1.82, 2.24) is 14.5 Å². The van der Waals surface area contributed by atoms with Crippen LogP contribution in [0.25, 0.3) is 5.57 Å². The number of aromatic nitrogens is 3. The van der Waals surface area contributed by atoms with Crippen molar-refractivity contribution in [2.24, 2.45) is 0 Å². The summed E-state index contributed by atoms with van der Waals surface area (Å²) in [5, 5.41) is 2.14. The second-order valence-electron chi connectivity index (χ2n) is 6.70. The van der Waals surface area contributed by atoms with Crippen LogP contribution in [0.1, 0.15) is 26.6 Å². The van der Waals surface area contributed by atoms with Crippen LogP contribution in [0.3, 0.4) is 0 Å². The monoisotopic (exact) mass is 438 g/mol. The Morgan fingerprint density at radius 3 is 2.69 bits per heavy atom. The average Bonchev–Trinajstić information content (AvgIpc) is 3.32. The van der Waals surface area contributed by atoms with Crippen LogP contribution >= 0.6 is 22.7 Å². The van der Waals surface area contributed by atoms with E-state index < -0.39 is 16.7 Å². The Labute approximate surface area is 172 Å². The van der Waals surface area contributed by atoms with Gasteiger partial charge in [0.2, 0.25) is 5.95 Å². The Bertz CT molecular complexity index is 1110. The zero-order valence-corrected chi connectivity index (χ0v) is 17.1. The lowest BCUT2D eigenvalue weighted by Gasteiger charge is -2.26. The lowest BCUT2D eigenvalue weighted by atomic mass is 10.0. The number of thiophene rings is 2. The van der Waals surface area contributed by atoms with Crippen LogP contribution in [-0.4, -0.2) is 27.6 Å². The third kappa shape index (κ3) is 4.43. The normalized spacial score (nSPS) is 14.9. The van der Waals surface area contributed by atoms with Crippen LogP contribution in [-0.2, 0) is 12.7 Å². The largest absolute Gasteiger partial charge is 0.425 e. The Morgan fingerprint density at radius 1 is 1.28 bits per heavy atom. The van der Waals surface area contributed by atoms with Gasteiger partial charge in [0, 0.05) is 22.8 Å². The summed E-state index contributed by atoms with van der Waals surface area (Å²) in [6, 6.07) is 4.56. The molecule has 1 aliphatic rings. The minimum absolute atomic E-state index is 0.0153. The van der Waals surface area contributed by atoms with E-state index in [1.54, 1.807) is 11.3 Å². The first-order valence-corrected chi connectivity index (χ1v) is 10.6. The molecule has 0 saturated carbocycles. The highest BCUT2D eigenvalue weighted by atomic mass is 32.1. The third-order valence-corrected chi connectivity index (χ3v) is 6.59. The Morgan fingerprint density at radius 2 is 2.10 bits per heavy atom. The number of anilines is 1. The first-order chi connectivity index (χ1) is 13.8. The van der Waals surface area contributed by atoms with Crippen molar-refractivity contribution in [2.75, 3.05) is 18.0 Å². The molecule has 0 unspecified atom stereocenters. The minimum atomic E-state index is -4.38. The molecule has 152 valence electrons. The highest BCUT2D eigenvalue weighted by Gasteiger charge is 2.32. The highest BCUT2D eigenvalue weighted by Crippen LogP contribution is 2.34. The van der Waals surface area contributed by atoms with E-state index in [1.807, 2.05) is 4.90 Å². The van der Waals surface area contributed by atoms with Gasteiger partial charge in [-0.2, -0.15) is 18.2 Å². The number of rotatable bonds is 4. The summed E-state index contributed by atoms with van der Waals surface area (Å²) in [5.74, 6) is 0.338. The molecule has 0 aliphatic carbocycles. The molecule has 0 amide bonds. The van der Waals surface area contributed by atoms with Gasteiger partial charge in [0.1, 0.15) is 11.2 Å². The lowest BCUT2D eigenvalue weighted by Crippen LogP contribution is -2.33. The van der Waals surface area contributed by atoms with Crippen molar-refractivity contribution in [1.29, 1.82) is 0 Å². The van der Waals surface area contributed by atoms with Gasteiger partial charge in [0.05, 0.1) is 6.54 Å². The van der Waals surface area contributed by atoms with Crippen molar-refractivity contribution in [3.05, 3.63) is 66.7 Å². The molecule has 0 spiro atoms. The smallest absolute Gasteiger partial charge is 0.337 e. The van der Waals surface area contributed by atoms with E-state index in [9.17, 15) is 18.0 Å². The molecule has 3 aromatic heterocycles. The quantitative estimate of drug-likeness (QED) is 0.605. The summed E-state index contributed by atoms with van der Waals surface area (Å²) >= 11 is 2.34. The second-order valence-corrected chi connectivity index (χ2v) is 8.99. The van der Waals surface area contributed by atoms with Crippen molar-refractivity contribution in [2.45, 2.75) is 26.1 Å². The fraction of sp³-hybridized carbons (Fsp3) is 0.316. The van der Waals surface area contributed by atoms with Crippen molar-refractivity contribution >= 4 is 34.2 Å². The van der Waals surface area contributed by atoms with Gasteiger partial charge < -0.3 is 4.90 Å². The molecule has 10 heteroatoms. The Kier molecular flexibility index (Phi) is 5.30. The standard InChI is InChI=1S/C19H17F3N4OS2/c1-12-8-14(10-28-12)13-4-6-25(7-5-13)17-23-11-26(18(27)24-17)9-15-2-3-16(29-15)19(20,21)22/h2-4,8,10-11H,5-7,9H2,1H3. The summed E-state index contributed by atoms with van der Waals surface area (Å²) < 4.78 is 39.4. The fourth-order valence-electron chi connectivity index (χ4n) is 3.12. The van der Waals surface area contributed by atoms with Crippen LogP contribution in [0.15, 0.2) is 40.8 Å². The van der Waals surface area contributed by atoms with Crippen LogP contribution in [0.2, 0.25) is 0 Å². The van der Waals surface area contributed by atoms with Crippen LogP contribution in [0.5, 0.6) is 0 Å². The zero-order valence-electron chi connectivity index (χ0n) is 15.4. The summed E-state index contributed by atoms with van der Waals surface area (Å²) in [4.78, 5) is 23.5. The number of hydrogen-bond donors (Lipinski definition) is 0. The lowest BCUT2D eigenvalue weighted by molar-refractivity contribution is -0.134. The molecular weight excluding hydrogens is 421 g/mol. The van der Waals surface area contributed by atoms with Crippen LogP contribution in [0.4, 0.5) is 19.1 Å². The predicted molar refractivity (Wildman–Crippen MR) is 109 cm³/mol. The average molecular weight is 439 g/mol. The van der Waals surface area contributed by atoms with Gasteiger partial charge in [-0.15, -0.1) is 22.7 Å². The summed E-state index contributed by atoms with van der Waals surface area (Å²) in [6.45, 7) is 3.39. The second kappa shape index (κ2) is 7.75. The first kappa shape index (κ1) is 19.8. The van der Waals surface area contributed by atoms with Gasteiger partial charge >= 0.3 is 11.9 Å². The van der Waals surface area contributed by atoms with Crippen LogP contribution in [0, 0.1) is 6.92 Å². The van der Waals surface area contributed by atoms with Crippen molar-refractivity contribution in [3.8, 4) is 0 Å². The zero-order chi connectivity index (χ0) is 20.6. The van der Waals surface area contributed by atoms with E-state index >= 15 is 0 Å². The number of alkyl halides is 3. The number of nitrogens with zero attached hydrogens (tertiary/aromatic N) is 4. The fourth-order valence-corrected chi connectivity index (χ4v) is 4.72. The van der Waals surface area contributed by atoms with E-state index in [4.69, 9.17) is 0 Å². The maximum Gasteiger partial charge on any atom is 0.425 e. The summed E-state index contributed by atoms with van der Waals surface area (Å²) in [5.41, 5.74) is 1.98.